The zero-order chi connectivity index (χ0) is 15.2. The molecule has 20 heavy (non-hydrogen) atoms. The quantitative estimate of drug-likeness (QED) is 0.715. The molecule has 1 fully saturated rings. The van der Waals surface area contributed by atoms with Crippen LogP contribution in [0.2, 0.25) is 0 Å². The van der Waals surface area contributed by atoms with E-state index in [1.165, 1.54) is 12.8 Å². The van der Waals surface area contributed by atoms with Crippen LogP contribution in [0.4, 0.5) is 0 Å². The first-order valence-electron chi connectivity index (χ1n) is 8.03. The number of hydrogen-bond acceptors (Lipinski definition) is 4. The summed E-state index contributed by atoms with van der Waals surface area (Å²) < 4.78 is 5.42. The average Bonchev–Trinajstić information content (AvgIpc) is 2.38. The monoisotopic (exact) mass is 286 g/mol. The SMILES string of the molecule is CC(C)NC(C)(CO)CC(C)N(C)CC1CCOCC1. The minimum absolute atomic E-state index is 0.181. The molecule has 4 heteroatoms. The van der Waals surface area contributed by atoms with Gasteiger partial charge in [0.05, 0.1) is 6.61 Å². The van der Waals surface area contributed by atoms with Crippen LogP contribution >= 0.6 is 0 Å². The molecule has 0 aliphatic carbocycles. The van der Waals surface area contributed by atoms with E-state index in [1.54, 1.807) is 0 Å². The standard InChI is InChI=1S/C16H34N2O2/c1-13(2)17-16(4,12-19)10-14(3)18(5)11-15-6-8-20-9-7-15/h13-15,17,19H,6-12H2,1-5H3. The first kappa shape index (κ1) is 17.9. The fourth-order valence-electron chi connectivity index (χ4n) is 3.19. The normalized spacial score (nSPS) is 22.2. The van der Waals surface area contributed by atoms with Gasteiger partial charge in [-0.2, -0.15) is 0 Å². The second kappa shape index (κ2) is 8.32. The van der Waals surface area contributed by atoms with E-state index in [0.717, 1.165) is 32.1 Å². The summed E-state index contributed by atoms with van der Waals surface area (Å²) in [5, 5.41) is 13.2. The lowest BCUT2D eigenvalue weighted by molar-refractivity contribution is 0.0462. The highest BCUT2D eigenvalue weighted by molar-refractivity contribution is 4.88. The fraction of sp³-hybridized carbons (Fsp3) is 1.00. The highest BCUT2D eigenvalue weighted by atomic mass is 16.5. The van der Waals surface area contributed by atoms with E-state index in [1.807, 2.05) is 0 Å². The molecule has 0 aromatic carbocycles. The molecule has 0 aromatic rings. The third-order valence-electron chi connectivity index (χ3n) is 4.37. The molecule has 120 valence electrons. The molecule has 1 aliphatic rings. The summed E-state index contributed by atoms with van der Waals surface area (Å²) in [7, 11) is 2.20. The lowest BCUT2D eigenvalue weighted by Crippen LogP contribution is -2.53. The Morgan fingerprint density at radius 2 is 1.90 bits per heavy atom. The van der Waals surface area contributed by atoms with Gasteiger partial charge >= 0.3 is 0 Å². The lowest BCUT2D eigenvalue weighted by atomic mass is 9.92. The molecule has 1 saturated heterocycles. The van der Waals surface area contributed by atoms with E-state index in [-0.39, 0.29) is 12.1 Å². The van der Waals surface area contributed by atoms with Gasteiger partial charge < -0.3 is 20.1 Å². The lowest BCUT2D eigenvalue weighted by Gasteiger charge is -2.38. The minimum atomic E-state index is -0.197. The van der Waals surface area contributed by atoms with Crippen molar-refractivity contribution >= 4 is 0 Å². The molecule has 1 rings (SSSR count). The van der Waals surface area contributed by atoms with Gasteiger partial charge in [0, 0.05) is 37.4 Å². The molecule has 2 atom stereocenters. The van der Waals surface area contributed by atoms with Crippen LogP contribution in [0.1, 0.15) is 47.0 Å². The van der Waals surface area contributed by atoms with Crippen LogP contribution in [0, 0.1) is 5.92 Å². The Bertz CT molecular complexity index is 267. The van der Waals surface area contributed by atoms with E-state index in [9.17, 15) is 5.11 Å². The van der Waals surface area contributed by atoms with Crippen LogP contribution < -0.4 is 5.32 Å². The van der Waals surface area contributed by atoms with E-state index < -0.39 is 0 Å². The zero-order valence-corrected chi connectivity index (χ0v) is 14.0. The van der Waals surface area contributed by atoms with Crippen LogP contribution in [0.5, 0.6) is 0 Å². The third kappa shape index (κ3) is 6.08. The molecule has 1 heterocycles. The summed E-state index contributed by atoms with van der Waals surface area (Å²) in [6, 6.07) is 0.849. The number of nitrogens with one attached hydrogen (secondary N) is 1. The van der Waals surface area contributed by atoms with E-state index in [0.29, 0.717) is 12.1 Å². The van der Waals surface area contributed by atoms with Crippen LogP contribution in [-0.4, -0.2) is 61.0 Å². The number of rotatable bonds is 8. The van der Waals surface area contributed by atoms with Gasteiger partial charge in [0.15, 0.2) is 0 Å². The summed E-state index contributed by atoms with van der Waals surface area (Å²) >= 11 is 0. The van der Waals surface area contributed by atoms with E-state index >= 15 is 0 Å². The maximum atomic E-state index is 9.69. The molecule has 0 bridgehead atoms. The fourth-order valence-corrected chi connectivity index (χ4v) is 3.19. The maximum Gasteiger partial charge on any atom is 0.0611 e. The van der Waals surface area contributed by atoms with Crippen molar-refractivity contribution < 1.29 is 9.84 Å². The Kier molecular flexibility index (Phi) is 7.45. The molecule has 0 radical (unpaired) electrons. The average molecular weight is 286 g/mol. The van der Waals surface area contributed by atoms with Crippen LogP contribution in [0.15, 0.2) is 0 Å². The molecule has 2 unspecified atom stereocenters. The highest BCUT2D eigenvalue weighted by Gasteiger charge is 2.28. The second-order valence-electron chi connectivity index (χ2n) is 7.07. The van der Waals surface area contributed by atoms with Gasteiger partial charge in [-0.3, -0.25) is 0 Å². The summed E-state index contributed by atoms with van der Waals surface area (Å²) in [5.74, 6) is 0.759. The first-order valence-corrected chi connectivity index (χ1v) is 8.03. The number of aliphatic hydroxyl groups is 1. The third-order valence-corrected chi connectivity index (χ3v) is 4.37. The second-order valence-corrected chi connectivity index (χ2v) is 7.07. The number of hydrogen-bond donors (Lipinski definition) is 2. The van der Waals surface area contributed by atoms with Crippen molar-refractivity contribution in [3.05, 3.63) is 0 Å². The summed E-state index contributed by atoms with van der Waals surface area (Å²) in [6.45, 7) is 11.8. The van der Waals surface area contributed by atoms with Crippen molar-refractivity contribution in [3.63, 3.8) is 0 Å². The van der Waals surface area contributed by atoms with Crippen molar-refractivity contribution in [1.82, 2.24) is 10.2 Å². The number of aliphatic hydroxyl groups excluding tert-OH is 1. The van der Waals surface area contributed by atoms with Crippen molar-refractivity contribution in [1.29, 1.82) is 0 Å². The Morgan fingerprint density at radius 1 is 1.30 bits per heavy atom. The van der Waals surface area contributed by atoms with Crippen LogP contribution in [0.3, 0.4) is 0 Å². The highest BCUT2D eigenvalue weighted by Crippen LogP contribution is 2.20. The Morgan fingerprint density at radius 3 is 2.40 bits per heavy atom. The maximum absolute atomic E-state index is 9.69. The van der Waals surface area contributed by atoms with Crippen LogP contribution in [-0.2, 0) is 4.74 Å². The van der Waals surface area contributed by atoms with Gasteiger partial charge in [0.1, 0.15) is 0 Å². The molecule has 0 amide bonds. The van der Waals surface area contributed by atoms with Crippen molar-refractivity contribution in [2.75, 3.05) is 33.4 Å². The smallest absolute Gasteiger partial charge is 0.0611 e. The van der Waals surface area contributed by atoms with E-state index in [2.05, 4.69) is 45.0 Å². The number of nitrogens with zero attached hydrogens (tertiary/aromatic N) is 1. The molecular weight excluding hydrogens is 252 g/mol. The summed E-state index contributed by atoms with van der Waals surface area (Å²) in [5.41, 5.74) is -0.197. The van der Waals surface area contributed by atoms with Crippen molar-refractivity contribution in [2.45, 2.75) is 64.6 Å². The predicted octanol–water partition coefficient (Wildman–Crippen LogP) is 1.87. The largest absolute Gasteiger partial charge is 0.394 e. The topological polar surface area (TPSA) is 44.7 Å². The Labute approximate surface area is 124 Å². The van der Waals surface area contributed by atoms with Crippen molar-refractivity contribution in [2.24, 2.45) is 5.92 Å². The Hall–Kier alpha value is -0.160. The Balaban J connectivity index is 2.44. The molecule has 0 aromatic heterocycles. The van der Waals surface area contributed by atoms with Gasteiger partial charge in [0.25, 0.3) is 0 Å². The predicted molar refractivity (Wildman–Crippen MR) is 84.0 cm³/mol. The molecule has 0 spiro atoms. The minimum Gasteiger partial charge on any atom is -0.394 e. The van der Waals surface area contributed by atoms with Crippen LogP contribution in [0.25, 0.3) is 0 Å². The molecule has 4 nitrogen and oxygen atoms in total. The van der Waals surface area contributed by atoms with Gasteiger partial charge in [-0.05, 0) is 46.1 Å². The van der Waals surface area contributed by atoms with Gasteiger partial charge in [-0.15, -0.1) is 0 Å². The zero-order valence-electron chi connectivity index (χ0n) is 14.0. The van der Waals surface area contributed by atoms with Gasteiger partial charge in [-0.25, -0.2) is 0 Å². The van der Waals surface area contributed by atoms with Gasteiger partial charge in [0.2, 0.25) is 0 Å². The molecule has 2 N–H and O–H groups in total. The summed E-state index contributed by atoms with van der Waals surface area (Å²) in [4.78, 5) is 2.44. The van der Waals surface area contributed by atoms with Crippen molar-refractivity contribution in [3.8, 4) is 0 Å². The van der Waals surface area contributed by atoms with Gasteiger partial charge in [-0.1, -0.05) is 13.8 Å². The first-order chi connectivity index (χ1) is 9.36. The number of ether oxygens (including phenoxy) is 1. The molecular formula is C16H34N2O2. The molecule has 1 aliphatic heterocycles. The summed E-state index contributed by atoms with van der Waals surface area (Å²) in [6.07, 6.45) is 3.32. The van der Waals surface area contributed by atoms with E-state index in [4.69, 9.17) is 4.74 Å². The molecule has 0 saturated carbocycles.